The number of carbonyl (C=O) groups excluding carboxylic acids is 1. The van der Waals surface area contributed by atoms with Crippen molar-refractivity contribution in [2.24, 2.45) is 17.3 Å². The number of aryl methyl sites for hydroxylation is 1. The topological polar surface area (TPSA) is 29.1 Å². The van der Waals surface area contributed by atoms with Crippen molar-refractivity contribution in [2.45, 2.75) is 84.0 Å². The van der Waals surface area contributed by atoms with E-state index >= 15 is 0 Å². The number of nitrogens with one attached hydrogen (secondary N) is 1. The van der Waals surface area contributed by atoms with Gasteiger partial charge in [0.05, 0.1) is 0 Å². The standard InChI is InChI=1S/C24H35NO/c1-16(2)19-9-6-17-10-11-21-23(3,15-25-22(26)18-7-8-18)12-5-13-24(21,4)20(17)14-19/h6,9,14,16,18,21H,5,7-8,10-13,15H2,1-4H3,(H,25,26)/t21-,23+,24+/m0/s1. The molecule has 0 saturated heterocycles. The van der Waals surface area contributed by atoms with Gasteiger partial charge in [0, 0.05) is 12.5 Å². The Morgan fingerprint density at radius 2 is 1.96 bits per heavy atom. The highest BCUT2D eigenvalue weighted by atomic mass is 16.2. The number of hydrogen-bond donors (Lipinski definition) is 1. The number of benzene rings is 1. The van der Waals surface area contributed by atoms with E-state index in [2.05, 4.69) is 51.2 Å². The summed E-state index contributed by atoms with van der Waals surface area (Å²) in [6.45, 7) is 10.4. The Morgan fingerprint density at radius 1 is 1.19 bits per heavy atom. The molecule has 4 rings (SSSR count). The first-order chi connectivity index (χ1) is 12.3. The van der Waals surface area contributed by atoms with Gasteiger partial charge in [0.2, 0.25) is 5.91 Å². The molecule has 0 spiro atoms. The average Bonchev–Trinajstić information content (AvgIpc) is 3.44. The van der Waals surface area contributed by atoms with Crippen LogP contribution in [0, 0.1) is 17.3 Å². The molecule has 1 aromatic carbocycles. The number of hydrogen-bond acceptors (Lipinski definition) is 1. The molecule has 2 nitrogen and oxygen atoms in total. The summed E-state index contributed by atoms with van der Waals surface area (Å²) in [5.41, 5.74) is 5.14. The van der Waals surface area contributed by atoms with Gasteiger partial charge in [0.25, 0.3) is 0 Å². The molecule has 2 fully saturated rings. The highest BCUT2D eigenvalue weighted by Crippen LogP contribution is 2.57. The molecule has 0 aromatic heterocycles. The molecule has 0 aliphatic heterocycles. The zero-order valence-corrected chi connectivity index (χ0v) is 17.0. The molecule has 3 aliphatic carbocycles. The van der Waals surface area contributed by atoms with Gasteiger partial charge in [-0.15, -0.1) is 0 Å². The molecular formula is C24H35NO. The maximum Gasteiger partial charge on any atom is 0.223 e. The van der Waals surface area contributed by atoms with Crippen LogP contribution in [-0.4, -0.2) is 12.5 Å². The van der Waals surface area contributed by atoms with E-state index in [1.807, 2.05) is 0 Å². The molecule has 2 heteroatoms. The minimum atomic E-state index is 0.225. The van der Waals surface area contributed by atoms with E-state index in [-0.39, 0.29) is 10.8 Å². The predicted molar refractivity (Wildman–Crippen MR) is 107 cm³/mol. The minimum absolute atomic E-state index is 0.225. The van der Waals surface area contributed by atoms with Crippen molar-refractivity contribution >= 4 is 5.91 Å². The molecule has 1 aromatic rings. The van der Waals surface area contributed by atoms with Gasteiger partial charge in [-0.3, -0.25) is 4.79 Å². The zero-order chi connectivity index (χ0) is 18.5. The van der Waals surface area contributed by atoms with E-state index in [4.69, 9.17) is 0 Å². The lowest BCUT2D eigenvalue weighted by molar-refractivity contribution is -0.123. The van der Waals surface area contributed by atoms with Crippen LogP contribution >= 0.6 is 0 Å². The van der Waals surface area contributed by atoms with Crippen molar-refractivity contribution in [1.29, 1.82) is 0 Å². The maximum absolute atomic E-state index is 12.2. The van der Waals surface area contributed by atoms with Gasteiger partial charge in [0.15, 0.2) is 0 Å². The summed E-state index contributed by atoms with van der Waals surface area (Å²) in [6.07, 6.45) is 8.45. The summed E-state index contributed by atoms with van der Waals surface area (Å²) in [7, 11) is 0. The molecule has 0 unspecified atom stereocenters. The summed E-state index contributed by atoms with van der Waals surface area (Å²) >= 11 is 0. The van der Waals surface area contributed by atoms with E-state index in [0.29, 0.717) is 23.7 Å². The van der Waals surface area contributed by atoms with Gasteiger partial charge in [0.1, 0.15) is 0 Å². The Hall–Kier alpha value is -1.31. The molecule has 3 aliphatic rings. The number of fused-ring (bicyclic) bond motifs is 3. The lowest BCUT2D eigenvalue weighted by Gasteiger charge is -2.55. The molecule has 0 heterocycles. The second-order valence-electron chi connectivity index (χ2n) is 10.1. The van der Waals surface area contributed by atoms with E-state index in [1.165, 1.54) is 37.7 Å². The quantitative estimate of drug-likeness (QED) is 0.777. The van der Waals surface area contributed by atoms with Crippen molar-refractivity contribution in [3.63, 3.8) is 0 Å². The normalized spacial score (nSPS) is 33.5. The van der Waals surface area contributed by atoms with Gasteiger partial charge >= 0.3 is 0 Å². The van der Waals surface area contributed by atoms with E-state index < -0.39 is 0 Å². The molecule has 3 atom stereocenters. The molecule has 26 heavy (non-hydrogen) atoms. The monoisotopic (exact) mass is 353 g/mol. The average molecular weight is 354 g/mol. The first-order valence-electron chi connectivity index (χ1n) is 10.7. The predicted octanol–water partition coefficient (Wildman–Crippen LogP) is 5.35. The van der Waals surface area contributed by atoms with Crippen molar-refractivity contribution in [2.75, 3.05) is 6.54 Å². The SMILES string of the molecule is CC(C)c1ccc2c(c1)[C@@]1(C)CCC[C@](C)(CNC(=O)C3CC3)[C@@H]1CC2. The summed E-state index contributed by atoms with van der Waals surface area (Å²) in [6, 6.07) is 7.25. The Morgan fingerprint density at radius 3 is 2.65 bits per heavy atom. The summed E-state index contributed by atoms with van der Waals surface area (Å²) in [4.78, 5) is 12.2. The van der Waals surface area contributed by atoms with Crippen LogP contribution < -0.4 is 5.32 Å². The van der Waals surface area contributed by atoms with Crippen LogP contribution in [0.25, 0.3) is 0 Å². The van der Waals surface area contributed by atoms with E-state index in [1.54, 1.807) is 11.1 Å². The van der Waals surface area contributed by atoms with Gasteiger partial charge in [-0.1, -0.05) is 52.3 Å². The molecule has 0 bridgehead atoms. The molecular weight excluding hydrogens is 318 g/mol. The fourth-order valence-corrected chi connectivity index (χ4v) is 5.96. The van der Waals surface area contributed by atoms with Crippen LogP contribution in [0.2, 0.25) is 0 Å². The molecule has 1 N–H and O–H groups in total. The lowest BCUT2D eigenvalue weighted by atomic mass is 9.49. The van der Waals surface area contributed by atoms with Crippen LogP contribution in [0.1, 0.15) is 88.8 Å². The second-order valence-corrected chi connectivity index (χ2v) is 10.1. The number of rotatable bonds is 4. The van der Waals surface area contributed by atoms with Crippen LogP contribution in [0.4, 0.5) is 0 Å². The van der Waals surface area contributed by atoms with Crippen LogP contribution in [0.3, 0.4) is 0 Å². The highest BCUT2D eigenvalue weighted by Gasteiger charge is 2.51. The number of carbonyl (C=O) groups is 1. The van der Waals surface area contributed by atoms with Crippen LogP contribution in [0.5, 0.6) is 0 Å². The highest BCUT2D eigenvalue weighted by molar-refractivity contribution is 5.80. The number of amides is 1. The van der Waals surface area contributed by atoms with Crippen molar-refractivity contribution < 1.29 is 4.79 Å². The third-order valence-electron chi connectivity index (χ3n) is 7.79. The summed E-state index contributed by atoms with van der Waals surface area (Å²) in [5.74, 6) is 1.86. The largest absolute Gasteiger partial charge is 0.355 e. The minimum Gasteiger partial charge on any atom is -0.355 e. The molecule has 1 amide bonds. The molecule has 2 saturated carbocycles. The van der Waals surface area contributed by atoms with Gasteiger partial charge < -0.3 is 5.32 Å². The first-order valence-corrected chi connectivity index (χ1v) is 10.7. The van der Waals surface area contributed by atoms with Crippen LogP contribution in [-0.2, 0) is 16.6 Å². The van der Waals surface area contributed by atoms with Gasteiger partial charge in [-0.2, -0.15) is 0 Å². The van der Waals surface area contributed by atoms with E-state index in [9.17, 15) is 4.79 Å². The van der Waals surface area contributed by atoms with Crippen LogP contribution in [0.15, 0.2) is 18.2 Å². The fraction of sp³-hybridized carbons (Fsp3) is 0.708. The Bertz CT molecular complexity index is 704. The first kappa shape index (κ1) is 18.1. The fourth-order valence-electron chi connectivity index (χ4n) is 5.96. The maximum atomic E-state index is 12.2. The van der Waals surface area contributed by atoms with Crippen molar-refractivity contribution in [3.05, 3.63) is 34.9 Å². The zero-order valence-electron chi connectivity index (χ0n) is 17.0. The third-order valence-corrected chi connectivity index (χ3v) is 7.79. The molecule has 0 radical (unpaired) electrons. The smallest absolute Gasteiger partial charge is 0.223 e. The van der Waals surface area contributed by atoms with E-state index in [0.717, 1.165) is 19.4 Å². The lowest BCUT2D eigenvalue weighted by Crippen LogP contribution is -2.53. The van der Waals surface area contributed by atoms with Crippen molar-refractivity contribution in [1.82, 2.24) is 5.32 Å². The summed E-state index contributed by atoms with van der Waals surface area (Å²) < 4.78 is 0. The van der Waals surface area contributed by atoms with Crippen molar-refractivity contribution in [3.8, 4) is 0 Å². The Balaban J connectivity index is 1.62. The van der Waals surface area contributed by atoms with Gasteiger partial charge in [-0.05, 0) is 77.9 Å². The Kier molecular flexibility index (Phi) is 4.44. The van der Waals surface area contributed by atoms with Gasteiger partial charge in [-0.25, -0.2) is 0 Å². The molecule has 142 valence electrons. The third kappa shape index (κ3) is 3.00. The summed E-state index contributed by atoms with van der Waals surface area (Å²) in [5, 5.41) is 3.32. The second kappa shape index (κ2) is 6.39. The Labute approximate surface area is 159 Å².